The molecule has 9 heteroatoms. The summed E-state index contributed by atoms with van der Waals surface area (Å²) in [7, 11) is -3.87. The summed E-state index contributed by atoms with van der Waals surface area (Å²) in [6, 6.07) is 0.661. The lowest BCUT2D eigenvalue weighted by atomic mass is 9.96. The highest BCUT2D eigenvalue weighted by Gasteiger charge is 2.34. The molecule has 0 radical (unpaired) electrons. The first-order valence-electron chi connectivity index (χ1n) is 6.51. The number of rotatable bonds is 4. The SMILES string of the molecule is O=C(O)C1CCCCCC1NS(=O)(=O)c1cc(Cl)sc1Cl. The van der Waals surface area contributed by atoms with Gasteiger partial charge in [0.25, 0.3) is 0 Å². The number of carboxylic acid groups (broad SMARTS) is 1. The van der Waals surface area contributed by atoms with Crippen molar-refractivity contribution >= 4 is 50.5 Å². The molecule has 2 N–H and O–H groups in total. The van der Waals surface area contributed by atoms with Gasteiger partial charge in [-0.05, 0) is 18.9 Å². The molecule has 0 aromatic carbocycles. The number of halogens is 2. The molecule has 0 saturated heterocycles. The molecule has 1 saturated carbocycles. The Morgan fingerprint density at radius 3 is 2.52 bits per heavy atom. The molecular weight excluding hydrogens is 357 g/mol. The zero-order valence-corrected chi connectivity index (χ0v) is 14.2. The standard InChI is InChI=1S/C12H15Cl2NO4S2/c13-10-6-9(11(14)20-10)21(18,19)15-8-5-3-1-2-4-7(8)12(16)17/h6-8,15H,1-5H2,(H,16,17). The van der Waals surface area contributed by atoms with E-state index in [4.69, 9.17) is 23.2 Å². The summed E-state index contributed by atoms with van der Waals surface area (Å²) < 4.78 is 27.6. The molecule has 0 spiro atoms. The van der Waals surface area contributed by atoms with Crippen LogP contribution in [0.4, 0.5) is 0 Å². The van der Waals surface area contributed by atoms with E-state index in [1.54, 1.807) is 0 Å². The lowest BCUT2D eigenvalue weighted by molar-refractivity contribution is -0.142. The number of hydrogen-bond donors (Lipinski definition) is 2. The third-order valence-electron chi connectivity index (χ3n) is 3.55. The molecule has 1 aliphatic rings. The van der Waals surface area contributed by atoms with Crippen LogP contribution in [-0.4, -0.2) is 25.5 Å². The van der Waals surface area contributed by atoms with Crippen molar-refractivity contribution < 1.29 is 18.3 Å². The van der Waals surface area contributed by atoms with Gasteiger partial charge in [0.1, 0.15) is 9.23 Å². The maximum Gasteiger partial charge on any atom is 0.308 e. The number of carboxylic acids is 1. The highest BCUT2D eigenvalue weighted by molar-refractivity contribution is 7.89. The van der Waals surface area contributed by atoms with Crippen molar-refractivity contribution in [2.24, 2.45) is 5.92 Å². The Labute approximate surface area is 137 Å². The Hall–Kier alpha value is -0.340. The predicted octanol–water partition coefficient (Wildman–Crippen LogP) is 3.37. The second kappa shape index (κ2) is 6.83. The van der Waals surface area contributed by atoms with Gasteiger partial charge in [0.15, 0.2) is 0 Å². The van der Waals surface area contributed by atoms with E-state index in [1.807, 2.05) is 0 Å². The molecule has 1 aliphatic carbocycles. The van der Waals surface area contributed by atoms with Crippen molar-refractivity contribution in [3.8, 4) is 0 Å². The van der Waals surface area contributed by atoms with Crippen LogP contribution in [0, 0.1) is 5.92 Å². The Morgan fingerprint density at radius 1 is 1.29 bits per heavy atom. The fourth-order valence-corrected chi connectivity index (χ4v) is 5.98. The maximum absolute atomic E-state index is 12.4. The quantitative estimate of drug-likeness (QED) is 0.794. The molecule has 1 aromatic rings. The van der Waals surface area contributed by atoms with Gasteiger partial charge < -0.3 is 5.11 Å². The van der Waals surface area contributed by atoms with E-state index in [9.17, 15) is 18.3 Å². The second-order valence-electron chi connectivity index (χ2n) is 5.00. The van der Waals surface area contributed by atoms with E-state index in [1.165, 1.54) is 6.07 Å². The first-order valence-corrected chi connectivity index (χ1v) is 9.57. The van der Waals surface area contributed by atoms with Gasteiger partial charge in [-0.15, -0.1) is 11.3 Å². The maximum atomic E-state index is 12.4. The third-order valence-corrected chi connectivity index (χ3v) is 6.80. The summed E-state index contributed by atoms with van der Waals surface area (Å²) in [5, 5.41) is 9.28. The molecule has 2 atom stereocenters. The van der Waals surface area contributed by atoms with Crippen LogP contribution in [0.3, 0.4) is 0 Å². The topological polar surface area (TPSA) is 83.5 Å². The molecule has 1 fully saturated rings. The summed E-state index contributed by atoms with van der Waals surface area (Å²) in [6.07, 6.45) is 3.48. The van der Waals surface area contributed by atoms with E-state index >= 15 is 0 Å². The van der Waals surface area contributed by atoms with Gasteiger partial charge in [-0.2, -0.15) is 0 Å². The van der Waals surface area contributed by atoms with Crippen molar-refractivity contribution in [2.45, 2.75) is 43.0 Å². The number of sulfonamides is 1. The Morgan fingerprint density at radius 2 is 1.95 bits per heavy atom. The van der Waals surface area contributed by atoms with Crippen molar-refractivity contribution in [1.82, 2.24) is 4.72 Å². The average Bonchev–Trinajstić information content (AvgIpc) is 2.60. The average molecular weight is 372 g/mol. The fraction of sp³-hybridized carbons (Fsp3) is 0.583. The Kier molecular flexibility index (Phi) is 5.54. The van der Waals surface area contributed by atoms with Gasteiger partial charge in [0.2, 0.25) is 10.0 Å². The molecule has 21 heavy (non-hydrogen) atoms. The number of aliphatic carboxylic acids is 1. The molecule has 0 aliphatic heterocycles. The Balaban J connectivity index is 2.25. The predicted molar refractivity (Wildman–Crippen MR) is 82.7 cm³/mol. The number of nitrogens with one attached hydrogen (secondary N) is 1. The zero-order valence-electron chi connectivity index (χ0n) is 11.0. The van der Waals surface area contributed by atoms with Crippen molar-refractivity contribution in [1.29, 1.82) is 0 Å². The highest BCUT2D eigenvalue weighted by atomic mass is 35.5. The number of carbonyl (C=O) groups is 1. The number of thiophene rings is 1. The van der Waals surface area contributed by atoms with Crippen molar-refractivity contribution in [3.05, 3.63) is 14.7 Å². The molecule has 0 amide bonds. The van der Waals surface area contributed by atoms with E-state index in [0.717, 1.165) is 30.6 Å². The number of hydrogen-bond acceptors (Lipinski definition) is 4. The molecular formula is C12H15Cl2NO4S2. The van der Waals surface area contributed by atoms with Gasteiger partial charge in [-0.3, -0.25) is 4.79 Å². The molecule has 5 nitrogen and oxygen atoms in total. The van der Waals surface area contributed by atoms with E-state index in [0.29, 0.717) is 12.8 Å². The van der Waals surface area contributed by atoms with Crippen LogP contribution in [0.15, 0.2) is 11.0 Å². The van der Waals surface area contributed by atoms with Crippen LogP contribution in [0.2, 0.25) is 8.67 Å². The third kappa shape index (κ3) is 4.10. The zero-order chi connectivity index (χ0) is 15.6. The van der Waals surface area contributed by atoms with Crippen molar-refractivity contribution in [2.75, 3.05) is 0 Å². The first kappa shape index (κ1) is 17.0. The van der Waals surface area contributed by atoms with Gasteiger partial charge in [0, 0.05) is 6.04 Å². The van der Waals surface area contributed by atoms with Gasteiger partial charge >= 0.3 is 5.97 Å². The van der Waals surface area contributed by atoms with Crippen molar-refractivity contribution in [3.63, 3.8) is 0 Å². The minimum atomic E-state index is -3.87. The molecule has 1 aromatic heterocycles. The van der Waals surface area contributed by atoms with E-state index < -0.39 is 28.0 Å². The molecule has 1 heterocycles. The molecule has 2 rings (SSSR count). The lowest BCUT2D eigenvalue weighted by Crippen LogP contribution is -2.42. The molecule has 0 bridgehead atoms. The summed E-state index contributed by atoms with van der Waals surface area (Å²) in [5.41, 5.74) is 0. The summed E-state index contributed by atoms with van der Waals surface area (Å²) >= 11 is 12.6. The van der Waals surface area contributed by atoms with E-state index in [2.05, 4.69) is 4.72 Å². The van der Waals surface area contributed by atoms with Crippen LogP contribution in [-0.2, 0) is 14.8 Å². The van der Waals surface area contributed by atoms with Gasteiger partial charge in [-0.1, -0.05) is 42.5 Å². The minimum Gasteiger partial charge on any atom is -0.481 e. The van der Waals surface area contributed by atoms with Crippen LogP contribution < -0.4 is 4.72 Å². The fourth-order valence-electron chi connectivity index (χ4n) is 2.52. The van der Waals surface area contributed by atoms with Crippen LogP contribution >= 0.6 is 34.5 Å². The molecule has 118 valence electrons. The van der Waals surface area contributed by atoms with Gasteiger partial charge in [0.05, 0.1) is 10.3 Å². The monoisotopic (exact) mass is 371 g/mol. The highest BCUT2D eigenvalue weighted by Crippen LogP contribution is 2.35. The summed E-state index contributed by atoms with van der Waals surface area (Å²) in [6.45, 7) is 0. The Bertz CT molecular complexity index is 629. The summed E-state index contributed by atoms with van der Waals surface area (Å²) in [4.78, 5) is 11.2. The normalized spacial score (nSPS) is 23.7. The van der Waals surface area contributed by atoms with Crippen LogP contribution in [0.1, 0.15) is 32.1 Å². The minimum absolute atomic E-state index is 0.0768. The smallest absolute Gasteiger partial charge is 0.308 e. The largest absolute Gasteiger partial charge is 0.481 e. The first-order chi connectivity index (χ1) is 9.81. The van der Waals surface area contributed by atoms with Crippen LogP contribution in [0.5, 0.6) is 0 Å². The van der Waals surface area contributed by atoms with Crippen LogP contribution in [0.25, 0.3) is 0 Å². The van der Waals surface area contributed by atoms with Gasteiger partial charge in [-0.25, -0.2) is 13.1 Å². The molecule has 2 unspecified atom stereocenters. The lowest BCUT2D eigenvalue weighted by Gasteiger charge is -2.22. The summed E-state index contributed by atoms with van der Waals surface area (Å²) in [5.74, 6) is -1.69. The second-order valence-corrected chi connectivity index (χ2v) is 8.97. The van der Waals surface area contributed by atoms with E-state index in [-0.39, 0.29) is 13.6 Å².